The Labute approximate surface area is 106 Å². The SMILES string of the molecule is CN(C(=O)c1ccncc1O)C1CCCCC1O. The van der Waals surface area contributed by atoms with E-state index in [0.29, 0.717) is 0 Å². The third-order valence-electron chi connectivity index (χ3n) is 3.54. The van der Waals surface area contributed by atoms with Crippen LogP contribution in [0.3, 0.4) is 0 Å². The second-order valence-corrected chi connectivity index (χ2v) is 4.73. The summed E-state index contributed by atoms with van der Waals surface area (Å²) in [4.78, 5) is 17.5. The van der Waals surface area contributed by atoms with Crippen LogP contribution in [0.5, 0.6) is 5.75 Å². The monoisotopic (exact) mass is 250 g/mol. The van der Waals surface area contributed by atoms with Crippen molar-refractivity contribution in [3.8, 4) is 5.75 Å². The topological polar surface area (TPSA) is 73.7 Å². The molecule has 2 rings (SSSR count). The molecule has 1 aromatic rings. The van der Waals surface area contributed by atoms with Crippen molar-refractivity contribution in [3.05, 3.63) is 24.0 Å². The lowest BCUT2D eigenvalue weighted by atomic mass is 9.91. The second kappa shape index (κ2) is 5.35. The average molecular weight is 250 g/mol. The van der Waals surface area contributed by atoms with Gasteiger partial charge in [-0.3, -0.25) is 9.78 Å². The molecule has 1 amide bonds. The lowest BCUT2D eigenvalue weighted by Gasteiger charge is -2.35. The maximum atomic E-state index is 12.2. The van der Waals surface area contributed by atoms with Crippen molar-refractivity contribution in [2.24, 2.45) is 0 Å². The van der Waals surface area contributed by atoms with Gasteiger partial charge in [-0.15, -0.1) is 0 Å². The number of likely N-dealkylation sites (N-methyl/N-ethyl adjacent to an activating group) is 1. The largest absolute Gasteiger partial charge is 0.505 e. The number of hydrogen-bond acceptors (Lipinski definition) is 4. The number of nitrogens with zero attached hydrogens (tertiary/aromatic N) is 2. The van der Waals surface area contributed by atoms with Gasteiger partial charge >= 0.3 is 0 Å². The van der Waals surface area contributed by atoms with Gasteiger partial charge < -0.3 is 15.1 Å². The van der Waals surface area contributed by atoms with Gasteiger partial charge in [-0.25, -0.2) is 0 Å². The van der Waals surface area contributed by atoms with E-state index in [1.165, 1.54) is 23.4 Å². The highest BCUT2D eigenvalue weighted by molar-refractivity contribution is 5.96. The lowest BCUT2D eigenvalue weighted by molar-refractivity contribution is 0.0266. The Balaban J connectivity index is 2.16. The molecular weight excluding hydrogens is 232 g/mol. The zero-order valence-corrected chi connectivity index (χ0v) is 10.4. The van der Waals surface area contributed by atoms with Gasteiger partial charge in [0, 0.05) is 13.2 Å². The molecule has 2 atom stereocenters. The average Bonchev–Trinajstić information content (AvgIpc) is 2.38. The van der Waals surface area contributed by atoms with Crippen LogP contribution in [0, 0.1) is 0 Å². The predicted octanol–water partition coefficient (Wildman–Crippen LogP) is 1.16. The third kappa shape index (κ3) is 2.46. The molecule has 0 saturated heterocycles. The lowest BCUT2D eigenvalue weighted by Crippen LogP contribution is -2.46. The molecule has 0 radical (unpaired) electrons. The fraction of sp³-hybridized carbons (Fsp3) is 0.538. The second-order valence-electron chi connectivity index (χ2n) is 4.73. The Bertz CT molecular complexity index is 436. The van der Waals surface area contributed by atoms with Crippen LogP contribution >= 0.6 is 0 Å². The first-order valence-corrected chi connectivity index (χ1v) is 6.19. The Morgan fingerprint density at radius 2 is 2.17 bits per heavy atom. The first kappa shape index (κ1) is 12.8. The number of hydrogen-bond donors (Lipinski definition) is 2. The van der Waals surface area contributed by atoms with E-state index in [9.17, 15) is 15.0 Å². The summed E-state index contributed by atoms with van der Waals surface area (Å²) in [6.45, 7) is 0. The van der Waals surface area contributed by atoms with Gasteiger partial charge in [-0.05, 0) is 18.9 Å². The quantitative estimate of drug-likeness (QED) is 0.826. The van der Waals surface area contributed by atoms with E-state index in [2.05, 4.69) is 4.98 Å². The smallest absolute Gasteiger partial charge is 0.257 e. The third-order valence-corrected chi connectivity index (χ3v) is 3.54. The molecule has 2 N–H and O–H groups in total. The highest BCUT2D eigenvalue weighted by atomic mass is 16.3. The molecular formula is C13H18N2O3. The van der Waals surface area contributed by atoms with Gasteiger partial charge in [0.25, 0.3) is 5.91 Å². The number of aromatic nitrogens is 1. The van der Waals surface area contributed by atoms with E-state index in [1.54, 1.807) is 7.05 Å². The van der Waals surface area contributed by atoms with Crippen molar-refractivity contribution < 1.29 is 15.0 Å². The molecule has 0 bridgehead atoms. The molecule has 0 aliphatic heterocycles. The number of amides is 1. The number of carbonyl (C=O) groups is 1. The number of rotatable bonds is 2. The normalized spacial score (nSPS) is 23.7. The number of carbonyl (C=O) groups excluding carboxylic acids is 1. The van der Waals surface area contributed by atoms with Crippen molar-refractivity contribution in [2.45, 2.75) is 37.8 Å². The highest BCUT2D eigenvalue weighted by Gasteiger charge is 2.30. The number of aliphatic hydroxyl groups excluding tert-OH is 1. The molecule has 1 fully saturated rings. The standard InChI is InChI=1S/C13H18N2O3/c1-15(10-4-2-3-5-11(10)16)13(18)9-6-7-14-8-12(9)17/h6-8,10-11,16-17H,2-5H2,1H3. The zero-order valence-electron chi connectivity index (χ0n) is 10.4. The summed E-state index contributed by atoms with van der Waals surface area (Å²) in [5, 5.41) is 19.6. The van der Waals surface area contributed by atoms with Gasteiger partial charge in [0.15, 0.2) is 0 Å². The van der Waals surface area contributed by atoms with E-state index in [4.69, 9.17) is 0 Å². The fourth-order valence-electron chi connectivity index (χ4n) is 2.45. The van der Waals surface area contributed by atoms with E-state index in [0.717, 1.165) is 25.7 Å². The minimum atomic E-state index is -0.475. The van der Waals surface area contributed by atoms with Crippen LogP contribution in [0.1, 0.15) is 36.0 Å². The van der Waals surface area contributed by atoms with Crippen LogP contribution in [0.15, 0.2) is 18.5 Å². The maximum absolute atomic E-state index is 12.2. The molecule has 1 aromatic heterocycles. The molecule has 1 heterocycles. The van der Waals surface area contributed by atoms with Gasteiger partial charge in [-0.1, -0.05) is 12.8 Å². The molecule has 1 saturated carbocycles. The minimum Gasteiger partial charge on any atom is -0.505 e. The summed E-state index contributed by atoms with van der Waals surface area (Å²) < 4.78 is 0. The predicted molar refractivity (Wildman–Crippen MR) is 66.3 cm³/mol. The Hall–Kier alpha value is -1.62. The zero-order chi connectivity index (χ0) is 13.1. The Morgan fingerprint density at radius 3 is 2.83 bits per heavy atom. The fourth-order valence-corrected chi connectivity index (χ4v) is 2.45. The summed E-state index contributed by atoms with van der Waals surface area (Å²) in [7, 11) is 1.67. The van der Waals surface area contributed by atoms with Crippen LogP contribution in [0.2, 0.25) is 0 Å². The molecule has 0 aromatic carbocycles. The first-order chi connectivity index (χ1) is 8.61. The molecule has 5 nitrogen and oxygen atoms in total. The molecule has 2 unspecified atom stereocenters. The molecule has 0 spiro atoms. The van der Waals surface area contributed by atoms with Crippen molar-refractivity contribution in [2.75, 3.05) is 7.05 Å². The molecule has 5 heteroatoms. The summed E-state index contributed by atoms with van der Waals surface area (Å²) in [5.41, 5.74) is 0.227. The summed E-state index contributed by atoms with van der Waals surface area (Å²) in [6.07, 6.45) is 5.79. The van der Waals surface area contributed by atoms with E-state index in [1.807, 2.05) is 0 Å². The Morgan fingerprint density at radius 1 is 1.44 bits per heavy atom. The maximum Gasteiger partial charge on any atom is 0.257 e. The van der Waals surface area contributed by atoms with Crippen molar-refractivity contribution in [1.29, 1.82) is 0 Å². The van der Waals surface area contributed by atoms with Gasteiger partial charge in [-0.2, -0.15) is 0 Å². The summed E-state index contributed by atoms with van der Waals surface area (Å²) >= 11 is 0. The Kier molecular flexibility index (Phi) is 3.81. The van der Waals surface area contributed by atoms with Gasteiger partial charge in [0.2, 0.25) is 0 Å². The van der Waals surface area contributed by atoms with Gasteiger partial charge in [0.05, 0.1) is 23.9 Å². The molecule has 98 valence electrons. The number of aromatic hydroxyl groups is 1. The van der Waals surface area contributed by atoms with Crippen LogP contribution in [0.4, 0.5) is 0 Å². The molecule has 1 aliphatic rings. The molecule has 1 aliphatic carbocycles. The van der Waals surface area contributed by atoms with Crippen molar-refractivity contribution in [1.82, 2.24) is 9.88 Å². The number of pyridine rings is 1. The van der Waals surface area contributed by atoms with Crippen LogP contribution in [0.25, 0.3) is 0 Å². The summed E-state index contributed by atoms with van der Waals surface area (Å²) in [6, 6.07) is 1.32. The van der Waals surface area contributed by atoms with Gasteiger partial charge in [0.1, 0.15) is 5.75 Å². The van der Waals surface area contributed by atoms with E-state index >= 15 is 0 Å². The summed E-state index contributed by atoms with van der Waals surface area (Å²) in [5.74, 6) is -0.402. The van der Waals surface area contributed by atoms with Crippen molar-refractivity contribution >= 4 is 5.91 Å². The van der Waals surface area contributed by atoms with Crippen LogP contribution in [-0.2, 0) is 0 Å². The van der Waals surface area contributed by atoms with E-state index in [-0.39, 0.29) is 23.3 Å². The molecule has 18 heavy (non-hydrogen) atoms. The van der Waals surface area contributed by atoms with E-state index < -0.39 is 6.10 Å². The number of aliphatic hydroxyl groups is 1. The minimum absolute atomic E-state index is 0.125. The van der Waals surface area contributed by atoms with Crippen LogP contribution < -0.4 is 0 Å². The first-order valence-electron chi connectivity index (χ1n) is 6.19. The van der Waals surface area contributed by atoms with Crippen LogP contribution in [-0.4, -0.2) is 45.2 Å². The van der Waals surface area contributed by atoms with Crippen molar-refractivity contribution in [3.63, 3.8) is 0 Å². The highest BCUT2D eigenvalue weighted by Crippen LogP contribution is 2.25.